The molecule has 2 rings (SSSR count). The van der Waals surface area contributed by atoms with Crippen molar-refractivity contribution in [3.8, 4) is 0 Å². The van der Waals surface area contributed by atoms with E-state index in [4.69, 9.17) is 0 Å². The Morgan fingerprint density at radius 1 is 1.12 bits per heavy atom. The second kappa shape index (κ2) is 11.0. The molecule has 0 fully saturated rings. The van der Waals surface area contributed by atoms with E-state index < -0.39 is 0 Å². The first-order valence-electron chi connectivity index (χ1n) is 9.77. The quantitative estimate of drug-likeness (QED) is 0.327. The fraction of sp³-hybridized carbons (Fsp3) is 0.619. The van der Waals surface area contributed by atoms with Crippen LogP contribution in [0.2, 0.25) is 0 Å². The van der Waals surface area contributed by atoms with Crippen molar-refractivity contribution in [3.05, 3.63) is 41.7 Å². The number of carbonyl (C=O) groups is 1. The van der Waals surface area contributed by atoms with Crippen LogP contribution in [-0.4, -0.2) is 23.7 Å². The summed E-state index contributed by atoms with van der Waals surface area (Å²) in [5.74, 6) is 0.0817. The van der Waals surface area contributed by atoms with Crippen LogP contribution in [-0.2, 0) is 11.3 Å². The summed E-state index contributed by atoms with van der Waals surface area (Å²) in [6, 6.07) is 6.05. The van der Waals surface area contributed by atoms with E-state index >= 15 is 0 Å². The zero-order valence-electron chi connectivity index (χ0n) is 15.5. The zero-order chi connectivity index (χ0) is 17.9. The van der Waals surface area contributed by atoms with Gasteiger partial charge in [-0.05, 0) is 32.1 Å². The lowest BCUT2D eigenvalue weighted by atomic mass is 10.1. The number of amides is 1. The smallest absolute Gasteiger partial charge is 0.220 e. The van der Waals surface area contributed by atoms with Crippen molar-refractivity contribution in [1.29, 1.82) is 0 Å². The molecule has 1 aromatic heterocycles. The Bertz CT molecular complexity index is 554. The van der Waals surface area contributed by atoms with E-state index in [1.807, 2.05) is 6.07 Å². The van der Waals surface area contributed by atoms with E-state index in [2.05, 4.69) is 41.3 Å². The summed E-state index contributed by atoms with van der Waals surface area (Å²) in [5.41, 5.74) is 2.93. The van der Waals surface area contributed by atoms with E-state index in [-0.39, 0.29) is 18.6 Å². The molecule has 1 heterocycles. The molecule has 0 aromatic carbocycles. The number of pyridine rings is 1. The van der Waals surface area contributed by atoms with Crippen LogP contribution in [0, 0.1) is 0 Å². The Balaban J connectivity index is 1.48. The number of carbonyl (C=O) groups excluding carboxylic acids is 1. The van der Waals surface area contributed by atoms with Crippen LogP contribution in [0.4, 0.5) is 0 Å². The van der Waals surface area contributed by atoms with E-state index in [1.165, 1.54) is 30.4 Å². The molecule has 138 valence electrons. The summed E-state index contributed by atoms with van der Waals surface area (Å²) in [6.45, 7) is 3.26. The average Bonchev–Trinajstić information content (AvgIpc) is 3.39. The highest BCUT2D eigenvalue weighted by atomic mass is 16.3. The number of aryl methyl sites for hydroxylation is 1. The molecule has 0 radical (unpaired) electrons. The molecule has 1 amide bonds. The molecular formula is C21H33N2O2+. The first kappa shape index (κ1) is 19.6. The zero-order valence-corrected chi connectivity index (χ0v) is 15.5. The molecule has 1 aliphatic rings. The minimum atomic E-state index is -0.102. The summed E-state index contributed by atoms with van der Waals surface area (Å²) in [4.78, 5) is 12.0. The molecule has 1 aliphatic carbocycles. The van der Waals surface area contributed by atoms with Crippen LogP contribution in [0.1, 0.15) is 64.7 Å². The van der Waals surface area contributed by atoms with Gasteiger partial charge in [-0.15, -0.1) is 0 Å². The minimum Gasteiger partial charge on any atom is -0.394 e. The first-order valence-corrected chi connectivity index (χ1v) is 9.77. The van der Waals surface area contributed by atoms with Crippen LogP contribution in [0.25, 0.3) is 0 Å². The third-order valence-corrected chi connectivity index (χ3v) is 4.90. The van der Waals surface area contributed by atoms with Crippen molar-refractivity contribution in [2.45, 2.75) is 77.3 Å². The highest BCUT2D eigenvalue weighted by Gasteiger charge is 2.23. The largest absolute Gasteiger partial charge is 0.394 e. The summed E-state index contributed by atoms with van der Waals surface area (Å²) < 4.78 is 2.21. The molecule has 0 bridgehead atoms. The van der Waals surface area contributed by atoms with E-state index in [9.17, 15) is 9.90 Å². The number of nitrogens with zero attached hydrogens (tertiary/aromatic N) is 1. The van der Waals surface area contributed by atoms with Crippen molar-refractivity contribution in [2.75, 3.05) is 6.61 Å². The lowest BCUT2D eigenvalue weighted by Crippen LogP contribution is -2.37. The van der Waals surface area contributed by atoms with Crippen molar-refractivity contribution in [2.24, 2.45) is 0 Å². The van der Waals surface area contributed by atoms with Crippen LogP contribution in [0.3, 0.4) is 0 Å². The lowest BCUT2D eigenvalue weighted by Gasteiger charge is -2.14. The van der Waals surface area contributed by atoms with Gasteiger partial charge in [0.1, 0.15) is 6.54 Å². The Labute approximate surface area is 152 Å². The summed E-state index contributed by atoms with van der Waals surface area (Å²) in [5, 5.41) is 12.4. The fourth-order valence-electron chi connectivity index (χ4n) is 3.26. The van der Waals surface area contributed by atoms with Gasteiger partial charge in [-0.25, -0.2) is 4.57 Å². The van der Waals surface area contributed by atoms with Crippen molar-refractivity contribution in [3.63, 3.8) is 0 Å². The van der Waals surface area contributed by atoms with Crippen molar-refractivity contribution < 1.29 is 14.5 Å². The van der Waals surface area contributed by atoms with E-state index in [0.29, 0.717) is 6.42 Å². The highest BCUT2D eigenvalue weighted by molar-refractivity contribution is 5.76. The molecule has 0 spiro atoms. The minimum absolute atomic E-state index is 0.0311. The van der Waals surface area contributed by atoms with Gasteiger partial charge in [0.15, 0.2) is 12.4 Å². The maximum absolute atomic E-state index is 12.0. The second-order valence-corrected chi connectivity index (χ2v) is 7.02. The standard InChI is InChI=1S/C21H32N2O2/c1-2-18-15-19(18)16-20(17-24)22-21(25)11-7-4-3-5-8-12-23-13-9-6-10-14-23/h6,9-10,13-14,20,24H,2-5,7-8,11-12,15-17H2,1H3/p+1. The third-order valence-electron chi connectivity index (χ3n) is 4.90. The Kier molecular flexibility index (Phi) is 8.67. The molecule has 1 aromatic rings. The molecule has 4 nitrogen and oxygen atoms in total. The van der Waals surface area contributed by atoms with Gasteiger partial charge in [0.05, 0.1) is 12.6 Å². The highest BCUT2D eigenvalue weighted by Crippen LogP contribution is 2.36. The van der Waals surface area contributed by atoms with Crippen LogP contribution < -0.4 is 9.88 Å². The summed E-state index contributed by atoms with van der Waals surface area (Å²) in [7, 11) is 0. The Morgan fingerprint density at radius 3 is 2.52 bits per heavy atom. The topological polar surface area (TPSA) is 53.2 Å². The monoisotopic (exact) mass is 345 g/mol. The number of nitrogens with one attached hydrogen (secondary N) is 1. The number of hydrogen-bond acceptors (Lipinski definition) is 2. The SMILES string of the molecule is CCC1=C(CC(CO)NC(=O)CCCCCCC[n+]2ccccc2)C1. The van der Waals surface area contributed by atoms with Crippen molar-refractivity contribution >= 4 is 5.91 Å². The lowest BCUT2D eigenvalue weighted by molar-refractivity contribution is -0.697. The Hall–Kier alpha value is -1.68. The normalized spacial score (nSPS) is 14.5. The Morgan fingerprint density at radius 2 is 1.84 bits per heavy atom. The predicted octanol–water partition coefficient (Wildman–Crippen LogP) is 3.29. The molecule has 2 N–H and O–H groups in total. The van der Waals surface area contributed by atoms with Crippen LogP contribution in [0.15, 0.2) is 41.7 Å². The number of rotatable bonds is 13. The van der Waals surface area contributed by atoms with E-state index in [0.717, 1.165) is 38.6 Å². The van der Waals surface area contributed by atoms with Gasteiger partial charge in [0.2, 0.25) is 5.91 Å². The molecule has 25 heavy (non-hydrogen) atoms. The third kappa shape index (κ3) is 7.82. The molecule has 1 atom stereocenters. The van der Waals surface area contributed by atoms with Gasteiger partial charge >= 0.3 is 0 Å². The number of hydrogen-bond donors (Lipinski definition) is 2. The number of allylic oxidation sites excluding steroid dienone is 1. The molecule has 0 aliphatic heterocycles. The molecule has 4 heteroatoms. The van der Waals surface area contributed by atoms with Gasteiger partial charge in [0.25, 0.3) is 0 Å². The molecule has 0 saturated carbocycles. The number of aliphatic hydroxyl groups excluding tert-OH is 1. The van der Waals surface area contributed by atoms with Gasteiger partial charge < -0.3 is 10.4 Å². The van der Waals surface area contributed by atoms with Gasteiger partial charge in [-0.2, -0.15) is 0 Å². The maximum Gasteiger partial charge on any atom is 0.220 e. The molecule has 0 saturated heterocycles. The molecular weight excluding hydrogens is 312 g/mol. The van der Waals surface area contributed by atoms with Crippen LogP contribution >= 0.6 is 0 Å². The van der Waals surface area contributed by atoms with E-state index in [1.54, 1.807) is 0 Å². The van der Waals surface area contributed by atoms with Gasteiger partial charge in [-0.3, -0.25) is 4.79 Å². The van der Waals surface area contributed by atoms with Crippen LogP contribution in [0.5, 0.6) is 0 Å². The fourth-order valence-corrected chi connectivity index (χ4v) is 3.26. The number of aliphatic hydroxyl groups is 1. The van der Waals surface area contributed by atoms with Gasteiger partial charge in [-0.1, -0.05) is 37.0 Å². The second-order valence-electron chi connectivity index (χ2n) is 7.02. The number of aromatic nitrogens is 1. The summed E-state index contributed by atoms with van der Waals surface area (Å²) >= 11 is 0. The predicted molar refractivity (Wildman–Crippen MR) is 99.9 cm³/mol. The van der Waals surface area contributed by atoms with Gasteiger partial charge in [0, 0.05) is 25.0 Å². The summed E-state index contributed by atoms with van der Waals surface area (Å²) in [6.07, 6.45) is 13.4. The number of unbranched alkanes of at least 4 members (excludes halogenated alkanes) is 4. The average molecular weight is 346 g/mol. The van der Waals surface area contributed by atoms with Crippen molar-refractivity contribution in [1.82, 2.24) is 5.32 Å². The molecule has 1 unspecified atom stereocenters. The maximum atomic E-state index is 12.0. The first-order chi connectivity index (χ1) is 12.2.